The number of allylic oxidation sites excluding steroid dienone is 1. The lowest BCUT2D eigenvalue weighted by atomic mass is 9.94. The molecule has 186 valence electrons. The SMILES string of the molecule is CCCN1C(=O)NC(c2cccc(NC(=O)Nc3ccccc3C)c2)C(C(=O)OCC(C)C)=C1C. The molecule has 0 saturated carbocycles. The average molecular weight is 479 g/mol. The number of esters is 1. The third-order valence-electron chi connectivity index (χ3n) is 5.68. The molecule has 8 nitrogen and oxygen atoms in total. The van der Waals surface area contributed by atoms with Crippen LogP contribution in [0.4, 0.5) is 21.0 Å². The average Bonchev–Trinajstić information content (AvgIpc) is 2.81. The van der Waals surface area contributed by atoms with Crippen molar-refractivity contribution in [3.63, 3.8) is 0 Å². The quantitative estimate of drug-likeness (QED) is 0.431. The molecule has 0 spiro atoms. The Morgan fingerprint density at radius 3 is 2.51 bits per heavy atom. The van der Waals surface area contributed by atoms with Crippen LogP contribution in [0.3, 0.4) is 0 Å². The maximum absolute atomic E-state index is 13.1. The van der Waals surface area contributed by atoms with Gasteiger partial charge < -0.3 is 20.7 Å². The van der Waals surface area contributed by atoms with Gasteiger partial charge in [0.15, 0.2) is 0 Å². The van der Waals surface area contributed by atoms with Gasteiger partial charge in [0, 0.05) is 23.6 Å². The van der Waals surface area contributed by atoms with Crippen molar-refractivity contribution in [2.75, 3.05) is 23.8 Å². The van der Waals surface area contributed by atoms with Gasteiger partial charge in [0.2, 0.25) is 0 Å². The lowest BCUT2D eigenvalue weighted by Crippen LogP contribution is -2.48. The lowest BCUT2D eigenvalue weighted by molar-refractivity contribution is -0.140. The second kappa shape index (κ2) is 11.6. The number of aryl methyl sites for hydroxylation is 1. The zero-order valence-corrected chi connectivity index (χ0v) is 21.0. The zero-order chi connectivity index (χ0) is 25.5. The summed E-state index contributed by atoms with van der Waals surface area (Å²) in [7, 11) is 0. The predicted molar refractivity (Wildman–Crippen MR) is 137 cm³/mol. The van der Waals surface area contributed by atoms with Crippen molar-refractivity contribution in [2.24, 2.45) is 5.92 Å². The fraction of sp³-hybridized carbons (Fsp3) is 0.370. The minimum Gasteiger partial charge on any atom is -0.462 e. The molecule has 0 saturated heterocycles. The Kier molecular flexibility index (Phi) is 8.52. The Labute approximate surface area is 206 Å². The second-order valence-corrected chi connectivity index (χ2v) is 9.05. The van der Waals surface area contributed by atoms with Gasteiger partial charge in [-0.25, -0.2) is 14.4 Å². The highest BCUT2D eigenvalue weighted by Crippen LogP contribution is 2.32. The fourth-order valence-electron chi connectivity index (χ4n) is 3.90. The molecule has 35 heavy (non-hydrogen) atoms. The van der Waals surface area contributed by atoms with E-state index < -0.39 is 12.0 Å². The molecule has 1 aliphatic rings. The second-order valence-electron chi connectivity index (χ2n) is 9.05. The van der Waals surface area contributed by atoms with Crippen molar-refractivity contribution in [1.82, 2.24) is 10.2 Å². The van der Waals surface area contributed by atoms with E-state index in [4.69, 9.17) is 4.74 Å². The molecule has 0 aliphatic carbocycles. The van der Waals surface area contributed by atoms with Gasteiger partial charge in [-0.15, -0.1) is 0 Å². The summed E-state index contributed by atoms with van der Waals surface area (Å²) in [6.45, 7) is 10.4. The van der Waals surface area contributed by atoms with E-state index in [1.165, 1.54) is 0 Å². The van der Waals surface area contributed by atoms with E-state index in [0.29, 0.717) is 34.8 Å². The first-order valence-corrected chi connectivity index (χ1v) is 11.9. The minimum absolute atomic E-state index is 0.183. The standard InChI is InChI=1S/C27H34N4O4/c1-6-14-31-19(5)23(25(32)35-16-17(2)3)24(30-27(31)34)20-11-9-12-21(15-20)28-26(33)29-22-13-8-7-10-18(22)4/h7-13,15,17,24H,6,14,16H2,1-5H3,(H,30,34)(H2,28,29,33). The van der Waals surface area contributed by atoms with Crippen molar-refractivity contribution in [3.05, 3.63) is 70.9 Å². The van der Waals surface area contributed by atoms with Crippen LogP contribution in [0, 0.1) is 12.8 Å². The highest BCUT2D eigenvalue weighted by Gasteiger charge is 2.36. The van der Waals surface area contributed by atoms with E-state index in [1.807, 2.05) is 58.0 Å². The van der Waals surface area contributed by atoms with Gasteiger partial charge in [0.05, 0.1) is 18.2 Å². The molecule has 8 heteroatoms. The van der Waals surface area contributed by atoms with E-state index in [9.17, 15) is 14.4 Å². The van der Waals surface area contributed by atoms with Gasteiger partial charge in [-0.3, -0.25) is 4.90 Å². The number of amides is 4. The third-order valence-corrected chi connectivity index (χ3v) is 5.68. The molecule has 1 unspecified atom stereocenters. The van der Waals surface area contributed by atoms with E-state index in [0.717, 1.165) is 12.0 Å². The first kappa shape index (κ1) is 25.8. The van der Waals surface area contributed by atoms with Crippen LogP contribution >= 0.6 is 0 Å². The molecular weight excluding hydrogens is 444 g/mol. The normalized spacial score (nSPS) is 15.7. The monoisotopic (exact) mass is 478 g/mol. The largest absolute Gasteiger partial charge is 0.462 e. The summed E-state index contributed by atoms with van der Waals surface area (Å²) >= 11 is 0. The number of ether oxygens (including phenoxy) is 1. The topological polar surface area (TPSA) is 99.8 Å². The number of urea groups is 2. The maximum atomic E-state index is 13.1. The molecule has 3 rings (SSSR count). The number of hydrogen-bond acceptors (Lipinski definition) is 4. The number of benzene rings is 2. The molecule has 4 amide bonds. The Bertz CT molecular complexity index is 1130. The Balaban J connectivity index is 1.88. The van der Waals surface area contributed by atoms with E-state index in [2.05, 4.69) is 16.0 Å². The fourth-order valence-corrected chi connectivity index (χ4v) is 3.90. The van der Waals surface area contributed by atoms with Gasteiger partial charge in [-0.1, -0.05) is 51.1 Å². The maximum Gasteiger partial charge on any atom is 0.338 e. The first-order valence-electron chi connectivity index (χ1n) is 11.9. The molecule has 2 aromatic carbocycles. The van der Waals surface area contributed by atoms with Crippen LogP contribution < -0.4 is 16.0 Å². The van der Waals surface area contributed by atoms with Crippen LogP contribution in [0.25, 0.3) is 0 Å². The summed E-state index contributed by atoms with van der Waals surface area (Å²) in [5.74, 6) is -0.277. The highest BCUT2D eigenvalue weighted by atomic mass is 16.5. The number of carbonyl (C=O) groups is 3. The van der Waals surface area contributed by atoms with Crippen molar-refractivity contribution in [1.29, 1.82) is 0 Å². The summed E-state index contributed by atoms with van der Waals surface area (Å²) in [5, 5.41) is 8.61. The van der Waals surface area contributed by atoms with Crippen LogP contribution in [0.1, 0.15) is 51.3 Å². The number of para-hydroxylation sites is 1. The molecule has 0 fully saturated rings. The number of nitrogens with one attached hydrogen (secondary N) is 3. The molecule has 2 aromatic rings. The summed E-state index contributed by atoms with van der Waals surface area (Å²) in [4.78, 5) is 40.1. The first-order chi connectivity index (χ1) is 16.7. The zero-order valence-electron chi connectivity index (χ0n) is 21.0. The number of carbonyl (C=O) groups excluding carboxylic acids is 3. The molecule has 1 aliphatic heterocycles. The van der Waals surface area contributed by atoms with Crippen LogP contribution in [0.15, 0.2) is 59.8 Å². The van der Waals surface area contributed by atoms with Gasteiger partial charge in [0.25, 0.3) is 0 Å². The van der Waals surface area contributed by atoms with Crippen LogP contribution in [-0.4, -0.2) is 36.1 Å². The molecule has 0 radical (unpaired) electrons. The molecular formula is C27H34N4O4. The number of hydrogen-bond donors (Lipinski definition) is 3. The summed E-state index contributed by atoms with van der Waals surface area (Å²) in [6, 6.07) is 13.2. The van der Waals surface area contributed by atoms with Gasteiger partial charge in [-0.05, 0) is 55.5 Å². The molecule has 1 heterocycles. The van der Waals surface area contributed by atoms with Crippen LogP contribution in [0.5, 0.6) is 0 Å². The minimum atomic E-state index is -0.698. The Hall–Kier alpha value is -3.81. The number of rotatable bonds is 8. The van der Waals surface area contributed by atoms with Crippen molar-refractivity contribution in [3.8, 4) is 0 Å². The molecule has 3 N–H and O–H groups in total. The van der Waals surface area contributed by atoms with Crippen LogP contribution in [-0.2, 0) is 9.53 Å². The van der Waals surface area contributed by atoms with Crippen LogP contribution in [0.2, 0.25) is 0 Å². The Morgan fingerprint density at radius 1 is 1.09 bits per heavy atom. The van der Waals surface area contributed by atoms with Gasteiger partial charge >= 0.3 is 18.0 Å². The number of nitrogens with zero attached hydrogens (tertiary/aromatic N) is 1. The lowest BCUT2D eigenvalue weighted by Gasteiger charge is -2.35. The van der Waals surface area contributed by atoms with E-state index >= 15 is 0 Å². The van der Waals surface area contributed by atoms with E-state index in [-0.39, 0.29) is 24.6 Å². The van der Waals surface area contributed by atoms with Crippen molar-refractivity contribution in [2.45, 2.75) is 47.1 Å². The van der Waals surface area contributed by atoms with Crippen molar-refractivity contribution >= 4 is 29.4 Å². The summed E-state index contributed by atoms with van der Waals surface area (Å²) in [5.41, 5.74) is 3.82. The Morgan fingerprint density at radius 2 is 1.83 bits per heavy atom. The third kappa shape index (κ3) is 6.41. The summed E-state index contributed by atoms with van der Waals surface area (Å²) in [6.07, 6.45) is 0.749. The van der Waals surface area contributed by atoms with E-state index in [1.54, 1.807) is 30.0 Å². The smallest absolute Gasteiger partial charge is 0.338 e. The molecule has 1 atom stereocenters. The molecule has 0 aromatic heterocycles. The van der Waals surface area contributed by atoms with Gasteiger partial charge in [-0.2, -0.15) is 0 Å². The summed E-state index contributed by atoms with van der Waals surface area (Å²) < 4.78 is 5.54. The number of anilines is 2. The van der Waals surface area contributed by atoms with Gasteiger partial charge in [0.1, 0.15) is 0 Å². The molecule has 0 bridgehead atoms. The van der Waals surface area contributed by atoms with Crippen molar-refractivity contribution < 1.29 is 19.1 Å². The predicted octanol–water partition coefficient (Wildman–Crippen LogP) is 5.59. The highest BCUT2D eigenvalue weighted by molar-refractivity contribution is 6.00.